The van der Waals surface area contributed by atoms with Crippen molar-refractivity contribution in [3.05, 3.63) is 28.8 Å². The van der Waals surface area contributed by atoms with E-state index in [1.54, 1.807) is 0 Å². The Balaban J connectivity index is 1.61. The van der Waals surface area contributed by atoms with E-state index in [1.165, 1.54) is 30.2 Å². The number of rotatable bonds is 5. The van der Waals surface area contributed by atoms with E-state index < -0.39 is 11.9 Å². The number of benzene rings is 1. The summed E-state index contributed by atoms with van der Waals surface area (Å²) in [6.07, 6.45) is 3.38. The summed E-state index contributed by atoms with van der Waals surface area (Å²) in [5, 5.41) is 2.89. The van der Waals surface area contributed by atoms with Gasteiger partial charge in [0.1, 0.15) is 0 Å². The quantitative estimate of drug-likeness (QED) is 0.614. The number of esters is 1. The molecule has 1 saturated carbocycles. The number of halogens is 1. The highest BCUT2D eigenvalue weighted by molar-refractivity contribution is 6.33. The number of hydrogen-bond donors (Lipinski definition) is 1. The average Bonchev–Trinajstić information content (AvgIpc) is 2.92. The predicted molar refractivity (Wildman–Crippen MR) is 98.2 cm³/mol. The van der Waals surface area contributed by atoms with Crippen molar-refractivity contribution in [2.45, 2.75) is 32.1 Å². The molecule has 1 aliphatic heterocycles. The molecule has 1 heterocycles. The number of nitrogens with one attached hydrogen (secondary N) is 1. The van der Waals surface area contributed by atoms with Gasteiger partial charge in [0.05, 0.1) is 35.2 Å². The van der Waals surface area contributed by atoms with Gasteiger partial charge in [-0.3, -0.25) is 19.3 Å². The van der Waals surface area contributed by atoms with Gasteiger partial charge in [0.25, 0.3) is 0 Å². The number of nitrogens with zero attached hydrogens (tertiary/aromatic N) is 1. The predicted octanol–water partition coefficient (Wildman–Crippen LogP) is 2.63. The highest BCUT2D eigenvalue weighted by atomic mass is 35.5. The van der Waals surface area contributed by atoms with Crippen LogP contribution >= 0.6 is 11.6 Å². The number of likely N-dealkylation sites (tertiary alicyclic amines) is 1. The number of methoxy groups -OCH3 is 1. The van der Waals surface area contributed by atoms with Crippen LogP contribution in [0.5, 0.6) is 0 Å². The number of amides is 3. The van der Waals surface area contributed by atoms with Crippen molar-refractivity contribution in [1.29, 1.82) is 0 Å². The van der Waals surface area contributed by atoms with E-state index >= 15 is 0 Å². The first kappa shape index (κ1) is 19.4. The molecular weight excluding hydrogens is 372 g/mol. The van der Waals surface area contributed by atoms with Gasteiger partial charge < -0.3 is 10.1 Å². The van der Waals surface area contributed by atoms with Crippen molar-refractivity contribution >= 4 is 41.0 Å². The SMILES string of the molecule is COC(=O)c1ccc(Cl)c(NC(=O)CCN2C(=O)[C@H]3CCCC[C@H]3C2=O)c1. The zero-order valence-corrected chi connectivity index (χ0v) is 15.8. The van der Waals surface area contributed by atoms with Gasteiger partial charge in [-0.15, -0.1) is 0 Å². The molecule has 0 bridgehead atoms. The molecule has 2 fully saturated rings. The largest absolute Gasteiger partial charge is 0.465 e. The van der Waals surface area contributed by atoms with Crippen molar-refractivity contribution in [1.82, 2.24) is 4.90 Å². The Morgan fingerprint density at radius 3 is 2.41 bits per heavy atom. The molecule has 1 saturated heterocycles. The Hall–Kier alpha value is -2.41. The Labute approximate surface area is 162 Å². The number of carbonyl (C=O) groups is 4. The molecule has 8 heteroatoms. The molecule has 1 aliphatic carbocycles. The molecule has 0 aromatic heterocycles. The normalized spacial score (nSPS) is 21.8. The van der Waals surface area contributed by atoms with Crippen LogP contribution in [0.4, 0.5) is 5.69 Å². The monoisotopic (exact) mass is 392 g/mol. The van der Waals surface area contributed by atoms with E-state index in [-0.39, 0.29) is 52.9 Å². The van der Waals surface area contributed by atoms with Crippen LogP contribution in [0.3, 0.4) is 0 Å². The molecule has 27 heavy (non-hydrogen) atoms. The Morgan fingerprint density at radius 1 is 1.19 bits per heavy atom. The molecule has 1 aromatic rings. The number of ether oxygens (including phenoxy) is 1. The van der Waals surface area contributed by atoms with Crippen molar-refractivity contribution in [3.8, 4) is 0 Å². The third-order valence-electron chi connectivity index (χ3n) is 5.16. The van der Waals surface area contributed by atoms with Crippen molar-refractivity contribution < 1.29 is 23.9 Å². The second kappa shape index (κ2) is 8.08. The summed E-state index contributed by atoms with van der Waals surface area (Å²) >= 11 is 6.06. The fourth-order valence-corrected chi connectivity index (χ4v) is 3.91. The number of anilines is 1. The van der Waals surface area contributed by atoms with Gasteiger partial charge in [-0.2, -0.15) is 0 Å². The van der Waals surface area contributed by atoms with Crippen molar-refractivity contribution in [3.63, 3.8) is 0 Å². The number of carbonyl (C=O) groups excluding carboxylic acids is 4. The van der Waals surface area contributed by atoms with Gasteiger partial charge in [0, 0.05) is 13.0 Å². The van der Waals surface area contributed by atoms with Crippen LogP contribution in [0, 0.1) is 11.8 Å². The highest BCUT2D eigenvalue weighted by Crippen LogP contribution is 2.38. The molecular formula is C19H21ClN2O5. The van der Waals surface area contributed by atoms with Gasteiger partial charge in [-0.05, 0) is 31.0 Å². The van der Waals surface area contributed by atoms with Crippen LogP contribution < -0.4 is 5.32 Å². The Kier molecular flexibility index (Phi) is 5.79. The van der Waals surface area contributed by atoms with E-state index in [1.807, 2.05) is 0 Å². The fourth-order valence-electron chi connectivity index (χ4n) is 3.74. The first-order valence-electron chi connectivity index (χ1n) is 8.95. The second-order valence-electron chi connectivity index (χ2n) is 6.81. The van der Waals surface area contributed by atoms with E-state index in [9.17, 15) is 19.2 Å². The second-order valence-corrected chi connectivity index (χ2v) is 7.22. The maximum absolute atomic E-state index is 12.4. The summed E-state index contributed by atoms with van der Waals surface area (Å²) in [5.74, 6) is -1.71. The van der Waals surface area contributed by atoms with E-state index in [2.05, 4.69) is 10.1 Å². The first-order valence-corrected chi connectivity index (χ1v) is 9.33. The van der Waals surface area contributed by atoms with Crippen LogP contribution in [0.2, 0.25) is 5.02 Å². The molecule has 0 radical (unpaired) electrons. The van der Waals surface area contributed by atoms with Gasteiger partial charge >= 0.3 is 5.97 Å². The molecule has 144 valence electrons. The number of hydrogen-bond acceptors (Lipinski definition) is 5. The van der Waals surface area contributed by atoms with Crippen LogP contribution in [0.15, 0.2) is 18.2 Å². The summed E-state index contributed by atoms with van der Waals surface area (Å²) in [6, 6.07) is 4.40. The van der Waals surface area contributed by atoms with Crippen LogP contribution in [-0.2, 0) is 19.1 Å². The minimum absolute atomic E-state index is 0.0320. The first-order chi connectivity index (χ1) is 12.9. The van der Waals surface area contributed by atoms with E-state index in [0.29, 0.717) is 0 Å². The molecule has 7 nitrogen and oxygen atoms in total. The number of imide groups is 1. The van der Waals surface area contributed by atoms with Crippen LogP contribution in [0.25, 0.3) is 0 Å². The standard InChI is InChI=1S/C19H21ClN2O5/c1-27-19(26)11-6-7-14(20)15(10-11)21-16(23)8-9-22-17(24)12-4-2-3-5-13(12)18(22)25/h6-7,10,12-13H,2-5,8-9H2,1H3,(H,21,23)/t12-,13+. The maximum atomic E-state index is 12.4. The molecule has 1 aromatic carbocycles. The Morgan fingerprint density at radius 2 is 1.81 bits per heavy atom. The lowest BCUT2D eigenvalue weighted by molar-refractivity contribution is -0.140. The van der Waals surface area contributed by atoms with Gasteiger partial charge in [0.2, 0.25) is 17.7 Å². The van der Waals surface area contributed by atoms with Crippen molar-refractivity contribution in [2.24, 2.45) is 11.8 Å². The van der Waals surface area contributed by atoms with Crippen LogP contribution in [-0.4, -0.2) is 42.2 Å². The maximum Gasteiger partial charge on any atom is 0.337 e. The smallest absolute Gasteiger partial charge is 0.337 e. The molecule has 2 aliphatic rings. The fraction of sp³-hybridized carbons (Fsp3) is 0.474. The van der Waals surface area contributed by atoms with E-state index in [4.69, 9.17) is 11.6 Å². The van der Waals surface area contributed by atoms with Gasteiger partial charge in [-0.1, -0.05) is 24.4 Å². The lowest BCUT2D eigenvalue weighted by Crippen LogP contribution is -2.34. The third-order valence-corrected chi connectivity index (χ3v) is 5.49. The molecule has 1 N–H and O–H groups in total. The molecule has 0 spiro atoms. The lowest BCUT2D eigenvalue weighted by Gasteiger charge is -2.19. The molecule has 3 amide bonds. The van der Waals surface area contributed by atoms with Gasteiger partial charge in [-0.25, -0.2) is 4.79 Å². The summed E-state index contributed by atoms with van der Waals surface area (Å²) in [4.78, 5) is 49.9. The molecule has 0 unspecified atom stereocenters. The minimum Gasteiger partial charge on any atom is -0.465 e. The summed E-state index contributed by atoms with van der Waals surface area (Å²) in [7, 11) is 1.26. The average molecular weight is 393 g/mol. The zero-order chi connectivity index (χ0) is 19.6. The summed E-state index contributed by atoms with van der Waals surface area (Å²) < 4.78 is 4.64. The molecule has 3 rings (SSSR count). The van der Waals surface area contributed by atoms with Crippen molar-refractivity contribution in [2.75, 3.05) is 19.0 Å². The molecule has 2 atom stereocenters. The topological polar surface area (TPSA) is 92.8 Å². The van der Waals surface area contributed by atoms with E-state index in [0.717, 1.165) is 25.7 Å². The Bertz CT molecular complexity index is 770. The van der Waals surface area contributed by atoms with Crippen LogP contribution in [0.1, 0.15) is 42.5 Å². The lowest BCUT2D eigenvalue weighted by atomic mass is 9.81. The third kappa shape index (κ3) is 3.98. The summed E-state index contributed by atoms with van der Waals surface area (Å²) in [5.41, 5.74) is 0.531. The zero-order valence-electron chi connectivity index (χ0n) is 15.0. The highest BCUT2D eigenvalue weighted by Gasteiger charge is 2.47. The number of fused-ring (bicyclic) bond motifs is 1. The van der Waals surface area contributed by atoms with Gasteiger partial charge in [0.15, 0.2) is 0 Å². The minimum atomic E-state index is -0.543. The summed E-state index contributed by atoms with van der Waals surface area (Å²) in [6.45, 7) is 0.0464.